The fraction of sp³-hybridized carbons (Fsp3) is 0.840. The molecule has 5 fully saturated rings. The molecule has 0 aromatic rings. The highest BCUT2D eigenvalue weighted by Crippen LogP contribution is 2.74. The second-order valence-electron chi connectivity index (χ2n) is 11.8. The predicted octanol–water partition coefficient (Wildman–Crippen LogP) is 1.50. The molecular weight excluding hydrogens is 460 g/mol. The highest BCUT2D eigenvalue weighted by molar-refractivity contribution is 5.90. The van der Waals surface area contributed by atoms with Crippen molar-refractivity contribution in [1.29, 1.82) is 0 Å². The van der Waals surface area contributed by atoms with E-state index >= 15 is 0 Å². The SMILES string of the molecule is COC(=O)C1C2C(OC(C)=O)CC3(O)C(C)(C)CCC(OC(C)=O)C3(C)C2CC12C(=O)OC1OC12. The van der Waals surface area contributed by atoms with Crippen LogP contribution in [0.2, 0.25) is 0 Å². The van der Waals surface area contributed by atoms with Gasteiger partial charge in [-0.25, -0.2) is 0 Å². The Kier molecular flexibility index (Phi) is 5.19. The topological polar surface area (TPSA) is 138 Å². The third-order valence-corrected chi connectivity index (χ3v) is 10.0. The minimum Gasteiger partial charge on any atom is -0.469 e. The van der Waals surface area contributed by atoms with Crippen LogP contribution in [-0.2, 0) is 42.9 Å². The highest BCUT2D eigenvalue weighted by atomic mass is 16.8. The Morgan fingerprint density at radius 2 is 1.71 bits per heavy atom. The summed E-state index contributed by atoms with van der Waals surface area (Å²) in [6.45, 7) is 8.39. The van der Waals surface area contributed by atoms with E-state index in [0.29, 0.717) is 12.8 Å². The van der Waals surface area contributed by atoms with Crippen molar-refractivity contribution in [3.63, 3.8) is 0 Å². The first kappa shape index (κ1) is 24.5. The van der Waals surface area contributed by atoms with Crippen LogP contribution < -0.4 is 0 Å². The van der Waals surface area contributed by atoms with Gasteiger partial charge in [-0.2, -0.15) is 0 Å². The first-order valence-corrected chi connectivity index (χ1v) is 12.3. The van der Waals surface area contributed by atoms with E-state index in [0.717, 1.165) is 0 Å². The molecule has 194 valence electrons. The van der Waals surface area contributed by atoms with Gasteiger partial charge in [-0.15, -0.1) is 0 Å². The molecule has 3 aliphatic carbocycles. The molecule has 2 saturated heterocycles. The maximum Gasteiger partial charge on any atom is 0.318 e. The van der Waals surface area contributed by atoms with E-state index in [4.69, 9.17) is 23.7 Å². The van der Waals surface area contributed by atoms with Crippen LogP contribution in [0.25, 0.3) is 0 Å². The second-order valence-corrected chi connectivity index (χ2v) is 11.8. The number of esters is 4. The van der Waals surface area contributed by atoms with Crippen LogP contribution in [0.3, 0.4) is 0 Å². The lowest BCUT2D eigenvalue weighted by atomic mass is 9.42. The summed E-state index contributed by atoms with van der Waals surface area (Å²) in [5.41, 5.74) is -4.45. The molecule has 2 aliphatic heterocycles. The van der Waals surface area contributed by atoms with Crippen LogP contribution in [0, 0.1) is 34.0 Å². The Labute approximate surface area is 203 Å². The number of fused-ring (bicyclic) bond motifs is 5. The van der Waals surface area contributed by atoms with Crippen molar-refractivity contribution in [2.45, 2.75) is 90.5 Å². The fourth-order valence-electron chi connectivity index (χ4n) is 8.35. The number of hydrogen-bond donors (Lipinski definition) is 1. The van der Waals surface area contributed by atoms with Crippen molar-refractivity contribution in [2.75, 3.05) is 7.11 Å². The third kappa shape index (κ3) is 2.95. The van der Waals surface area contributed by atoms with Gasteiger partial charge >= 0.3 is 23.9 Å². The van der Waals surface area contributed by atoms with Gasteiger partial charge in [0.15, 0.2) is 0 Å². The van der Waals surface area contributed by atoms with Gasteiger partial charge in [-0.05, 0) is 30.6 Å². The minimum atomic E-state index is -1.43. The lowest BCUT2D eigenvalue weighted by molar-refractivity contribution is -0.293. The predicted molar refractivity (Wildman–Crippen MR) is 116 cm³/mol. The largest absolute Gasteiger partial charge is 0.469 e. The van der Waals surface area contributed by atoms with E-state index in [2.05, 4.69) is 0 Å². The van der Waals surface area contributed by atoms with Gasteiger partial charge in [0.1, 0.15) is 23.7 Å². The summed E-state index contributed by atoms with van der Waals surface area (Å²) < 4.78 is 27.8. The molecule has 0 radical (unpaired) electrons. The van der Waals surface area contributed by atoms with Crippen molar-refractivity contribution in [3.05, 3.63) is 0 Å². The summed E-state index contributed by atoms with van der Waals surface area (Å²) in [7, 11) is 1.25. The average molecular weight is 495 g/mol. The highest BCUT2D eigenvalue weighted by Gasteiger charge is 2.83. The Morgan fingerprint density at radius 3 is 2.26 bits per heavy atom. The van der Waals surface area contributed by atoms with Crippen molar-refractivity contribution in [3.8, 4) is 0 Å². The van der Waals surface area contributed by atoms with Crippen LogP contribution in [0.1, 0.15) is 60.3 Å². The van der Waals surface area contributed by atoms with E-state index in [1.165, 1.54) is 21.0 Å². The molecule has 0 bridgehead atoms. The molecule has 2 heterocycles. The molecule has 5 aliphatic rings. The van der Waals surface area contributed by atoms with Crippen LogP contribution in [0.15, 0.2) is 0 Å². The average Bonchev–Trinajstić information content (AvgIpc) is 3.34. The lowest BCUT2D eigenvalue weighted by Gasteiger charge is -2.66. The molecule has 35 heavy (non-hydrogen) atoms. The van der Waals surface area contributed by atoms with E-state index in [9.17, 15) is 24.3 Å². The normalized spacial score (nSPS) is 48.8. The zero-order chi connectivity index (χ0) is 25.7. The maximum atomic E-state index is 13.3. The zero-order valence-electron chi connectivity index (χ0n) is 21.0. The smallest absolute Gasteiger partial charge is 0.318 e. The molecule has 10 atom stereocenters. The molecule has 1 N–H and O–H groups in total. The summed E-state index contributed by atoms with van der Waals surface area (Å²) >= 11 is 0. The molecule has 1 spiro atoms. The number of hydrogen-bond acceptors (Lipinski definition) is 10. The number of epoxide rings is 1. The van der Waals surface area contributed by atoms with E-state index in [1.807, 2.05) is 20.8 Å². The molecule has 10 unspecified atom stereocenters. The third-order valence-electron chi connectivity index (χ3n) is 10.0. The van der Waals surface area contributed by atoms with Gasteiger partial charge < -0.3 is 28.8 Å². The summed E-state index contributed by atoms with van der Waals surface area (Å²) in [5.74, 6) is -4.39. The van der Waals surface area contributed by atoms with Crippen LogP contribution in [0.5, 0.6) is 0 Å². The van der Waals surface area contributed by atoms with E-state index < -0.39 is 88.1 Å². The molecule has 0 amide bonds. The molecule has 3 saturated carbocycles. The summed E-state index contributed by atoms with van der Waals surface area (Å²) in [6, 6.07) is 0. The molecule has 10 nitrogen and oxygen atoms in total. The monoisotopic (exact) mass is 494 g/mol. The molecule has 5 rings (SSSR count). The number of carbonyl (C=O) groups is 4. The Hall–Kier alpha value is -2.20. The van der Waals surface area contributed by atoms with E-state index in [1.54, 1.807) is 0 Å². The maximum absolute atomic E-state index is 13.3. The number of carbonyl (C=O) groups excluding carboxylic acids is 4. The second kappa shape index (κ2) is 7.41. The number of methoxy groups -OCH3 is 1. The first-order chi connectivity index (χ1) is 16.2. The fourth-order valence-corrected chi connectivity index (χ4v) is 8.35. The standard InChI is InChI=1S/C25H34O10/c1-11(26)32-14-10-25(30)22(3,4)8-7-15(33-12(2)27)23(25,5)13-9-24(17(16(13)14)19(28)31-6)18-20(34-18)35-21(24)29/h13-18,20,30H,7-10H2,1-6H3. The van der Waals surface area contributed by atoms with Crippen molar-refractivity contribution < 1.29 is 48.0 Å². The quantitative estimate of drug-likeness (QED) is 0.349. The number of aliphatic hydroxyl groups is 1. The Balaban J connectivity index is 1.72. The molecule has 0 aromatic heterocycles. The van der Waals surface area contributed by atoms with Crippen LogP contribution in [0.4, 0.5) is 0 Å². The van der Waals surface area contributed by atoms with Crippen LogP contribution in [-0.4, -0.2) is 66.3 Å². The summed E-state index contributed by atoms with van der Waals surface area (Å²) in [4.78, 5) is 51.0. The zero-order valence-corrected chi connectivity index (χ0v) is 21.0. The number of ether oxygens (including phenoxy) is 5. The van der Waals surface area contributed by atoms with Crippen molar-refractivity contribution in [1.82, 2.24) is 0 Å². The van der Waals surface area contributed by atoms with Gasteiger partial charge in [0, 0.05) is 31.6 Å². The first-order valence-electron chi connectivity index (χ1n) is 12.3. The molecule has 0 aromatic carbocycles. The molecule has 10 heteroatoms. The molecular formula is C25H34O10. The van der Waals surface area contributed by atoms with Crippen LogP contribution >= 0.6 is 0 Å². The van der Waals surface area contributed by atoms with Gasteiger partial charge in [-0.3, -0.25) is 19.2 Å². The lowest BCUT2D eigenvalue weighted by Crippen LogP contribution is -2.72. The van der Waals surface area contributed by atoms with Crippen molar-refractivity contribution >= 4 is 23.9 Å². The Morgan fingerprint density at radius 1 is 1.06 bits per heavy atom. The number of rotatable bonds is 3. The summed E-state index contributed by atoms with van der Waals surface area (Å²) in [5, 5.41) is 12.5. The van der Waals surface area contributed by atoms with Gasteiger partial charge in [0.25, 0.3) is 0 Å². The minimum absolute atomic E-state index is 0.0303. The van der Waals surface area contributed by atoms with Gasteiger partial charge in [0.2, 0.25) is 6.29 Å². The summed E-state index contributed by atoms with van der Waals surface area (Å²) in [6.07, 6.45) is -1.60. The van der Waals surface area contributed by atoms with Gasteiger partial charge in [-0.1, -0.05) is 20.8 Å². The van der Waals surface area contributed by atoms with Gasteiger partial charge in [0.05, 0.1) is 18.6 Å². The Bertz CT molecular complexity index is 991. The van der Waals surface area contributed by atoms with Crippen molar-refractivity contribution in [2.24, 2.45) is 34.0 Å². The van der Waals surface area contributed by atoms with E-state index in [-0.39, 0.29) is 12.8 Å².